The molecule has 0 spiro atoms. The van der Waals surface area contributed by atoms with Crippen molar-refractivity contribution in [1.82, 2.24) is 29.8 Å². The summed E-state index contributed by atoms with van der Waals surface area (Å²) in [6, 6.07) is 6.35. The third-order valence-corrected chi connectivity index (χ3v) is 7.15. The first-order valence-electron chi connectivity index (χ1n) is 13.8. The van der Waals surface area contributed by atoms with Gasteiger partial charge in [0.25, 0.3) is 0 Å². The number of alkyl halides is 3. The van der Waals surface area contributed by atoms with Crippen molar-refractivity contribution in [2.24, 2.45) is 0 Å². The lowest BCUT2D eigenvalue weighted by molar-refractivity contribution is -0.137. The SMILES string of the molecule is CC(C)(C)NC(=O)N1CCC(c2cc(-c3ccc(NC(=O)Nc4cc(C(F)(F)F)ccn4)c(F)c3)c3c(N)ncnn23)CC1. The van der Waals surface area contributed by atoms with Gasteiger partial charge in [0.15, 0.2) is 5.82 Å². The fraction of sp³-hybridized carbons (Fsp3) is 0.345. The van der Waals surface area contributed by atoms with Crippen molar-refractivity contribution in [3.05, 3.63) is 66.0 Å². The maximum absolute atomic E-state index is 15.2. The van der Waals surface area contributed by atoms with Crippen LogP contribution in [-0.4, -0.2) is 55.2 Å². The van der Waals surface area contributed by atoms with Gasteiger partial charge in [0.2, 0.25) is 0 Å². The second-order valence-corrected chi connectivity index (χ2v) is 11.5. The van der Waals surface area contributed by atoms with Gasteiger partial charge in [-0.05, 0) is 69.5 Å². The van der Waals surface area contributed by atoms with Gasteiger partial charge in [-0.2, -0.15) is 18.3 Å². The highest BCUT2D eigenvalue weighted by Crippen LogP contribution is 2.37. The van der Waals surface area contributed by atoms with Crippen molar-refractivity contribution in [2.45, 2.75) is 51.2 Å². The number of pyridine rings is 1. The number of carbonyl (C=O) groups excluding carboxylic acids is 2. The number of hydrogen-bond donors (Lipinski definition) is 4. The van der Waals surface area contributed by atoms with Gasteiger partial charge in [-0.3, -0.25) is 5.32 Å². The molecule has 11 nitrogen and oxygen atoms in total. The van der Waals surface area contributed by atoms with E-state index < -0.39 is 23.6 Å². The van der Waals surface area contributed by atoms with Crippen LogP contribution in [0.2, 0.25) is 0 Å². The van der Waals surface area contributed by atoms with Crippen LogP contribution in [0.3, 0.4) is 0 Å². The lowest BCUT2D eigenvalue weighted by atomic mass is 9.93. The molecule has 4 amide bonds. The number of anilines is 3. The summed E-state index contributed by atoms with van der Waals surface area (Å²) in [5.74, 6) is -0.899. The van der Waals surface area contributed by atoms with Crippen molar-refractivity contribution in [1.29, 1.82) is 0 Å². The van der Waals surface area contributed by atoms with E-state index in [0.29, 0.717) is 48.6 Å². The minimum absolute atomic E-state index is 0.0446. The molecule has 15 heteroatoms. The third kappa shape index (κ3) is 6.66. The van der Waals surface area contributed by atoms with E-state index in [1.807, 2.05) is 26.8 Å². The van der Waals surface area contributed by atoms with Crippen LogP contribution in [0, 0.1) is 5.82 Å². The number of benzene rings is 1. The molecule has 0 bridgehead atoms. The van der Waals surface area contributed by atoms with Crippen LogP contribution in [0.15, 0.2) is 48.9 Å². The first-order valence-corrected chi connectivity index (χ1v) is 13.8. The molecule has 44 heavy (non-hydrogen) atoms. The van der Waals surface area contributed by atoms with Crippen molar-refractivity contribution in [3.63, 3.8) is 0 Å². The highest BCUT2D eigenvalue weighted by atomic mass is 19.4. The summed E-state index contributed by atoms with van der Waals surface area (Å²) in [6.07, 6.45) is -1.00. The summed E-state index contributed by atoms with van der Waals surface area (Å²) < 4.78 is 55.8. The molecule has 0 saturated carbocycles. The number of nitrogen functional groups attached to an aromatic ring is 1. The molecule has 1 aromatic carbocycles. The first kappa shape index (κ1) is 30.5. The Morgan fingerprint density at radius 3 is 2.39 bits per heavy atom. The predicted molar refractivity (Wildman–Crippen MR) is 157 cm³/mol. The lowest BCUT2D eigenvalue weighted by Gasteiger charge is -2.34. The van der Waals surface area contributed by atoms with E-state index in [0.717, 1.165) is 18.0 Å². The molecule has 232 valence electrons. The molecule has 4 heterocycles. The molecule has 3 aromatic heterocycles. The summed E-state index contributed by atoms with van der Waals surface area (Å²) in [6.45, 7) is 6.86. The summed E-state index contributed by atoms with van der Waals surface area (Å²) in [5.41, 5.74) is 7.05. The van der Waals surface area contributed by atoms with Crippen LogP contribution in [0.1, 0.15) is 50.8 Å². The number of halogens is 4. The Labute approximate surface area is 249 Å². The van der Waals surface area contributed by atoms with E-state index in [1.54, 1.807) is 15.5 Å². The molecule has 0 radical (unpaired) electrons. The smallest absolute Gasteiger partial charge is 0.382 e. The quantitative estimate of drug-likeness (QED) is 0.212. The highest BCUT2D eigenvalue weighted by Gasteiger charge is 2.31. The van der Waals surface area contributed by atoms with Gasteiger partial charge in [0.1, 0.15) is 23.5 Å². The average Bonchev–Trinajstić information content (AvgIpc) is 3.34. The maximum Gasteiger partial charge on any atom is 0.416 e. The number of aromatic nitrogens is 4. The van der Waals surface area contributed by atoms with Crippen LogP contribution < -0.4 is 21.7 Å². The Kier molecular flexibility index (Phi) is 8.05. The van der Waals surface area contributed by atoms with Gasteiger partial charge in [0.05, 0.1) is 11.3 Å². The van der Waals surface area contributed by atoms with Crippen LogP contribution in [-0.2, 0) is 6.18 Å². The zero-order chi connectivity index (χ0) is 31.8. The molecule has 1 saturated heterocycles. The number of rotatable bonds is 4. The zero-order valence-corrected chi connectivity index (χ0v) is 24.2. The lowest BCUT2D eigenvalue weighted by Crippen LogP contribution is -2.50. The summed E-state index contributed by atoms with van der Waals surface area (Å²) >= 11 is 0. The monoisotopic (exact) mass is 613 g/mol. The Morgan fingerprint density at radius 2 is 1.73 bits per heavy atom. The molecule has 5 rings (SSSR count). The molecule has 1 aliphatic heterocycles. The Bertz CT molecular complexity index is 1710. The maximum atomic E-state index is 15.2. The number of fused-ring (bicyclic) bond motifs is 1. The first-order chi connectivity index (χ1) is 20.7. The molecule has 5 N–H and O–H groups in total. The van der Waals surface area contributed by atoms with Gasteiger partial charge in [-0.25, -0.2) is 28.5 Å². The van der Waals surface area contributed by atoms with Gasteiger partial charge in [0, 0.05) is 42.0 Å². The van der Waals surface area contributed by atoms with E-state index >= 15 is 4.39 Å². The van der Waals surface area contributed by atoms with Crippen molar-refractivity contribution < 1.29 is 27.2 Å². The van der Waals surface area contributed by atoms with Crippen LogP contribution in [0.25, 0.3) is 16.6 Å². The normalized spacial score (nSPS) is 14.5. The van der Waals surface area contributed by atoms with Crippen LogP contribution >= 0.6 is 0 Å². The minimum atomic E-state index is -4.62. The number of nitrogens with one attached hydrogen (secondary N) is 3. The number of carbonyl (C=O) groups is 2. The molecule has 1 aliphatic rings. The Balaban J connectivity index is 1.35. The summed E-state index contributed by atoms with van der Waals surface area (Å²) in [7, 11) is 0. The second kappa shape index (κ2) is 11.6. The standard InChI is InChI=1S/C29H31F4N9O2/c1-28(2,3)40-27(44)41-10-7-16(8-11-41)22-14-19(24-25(34)36-15-37-42(22)24)17-4-5-21(20(30)12-17)38-26(43)39-23-13-18(6-9-35-23)29(31,32)33/h4-6,9,12-16H,7-8,10-11H2,1-3H3,(H,40,44)(H2,34,36,37)(H2,35,38,39,43). The second-order valence-electron chi connectivity index (χ2n) is 11.5. The minimum Gasteiger partial charge on any atom is -0.382 e. The fourth-order valence-corrected chi connectivity index (χ4v) is 5.11. The molecular weight excluding hydrogens is 582 g/mol. The molecule has 1 fully saturated rings. The van der Waals surface area contributed by atoms with E-state index in [4.69, 9.17) is 5.73 Å². The van der Waals surface area contributed by atoms with Gasteiger partial charge in [-0.15, -0.1) is 0 Å². The van der Waals surface area contributed by atoms with Gasteiger partial charge >= 0.3 is 18.2 Å². The van der Waals surface area contributed by atoms with Gasteiger partial charge < -0.3 is 21.3 Å². The van der Waals surface area contributed by atoms with Crippen molar-refractivity contribution >= 4 is 34.9 Å². The Hall–Kier alpha value is -4.95. The molecule has 0 unspecified atom stereocenters. The number of amides is 4. The van der Waals surface area contributed by atoms with Crippen LogP contribution in [0.4, 0.5) is 44.5 Å². The number of likely N-dealkylation sites (tertiary alicyclic amines) is 1. The van der Waals surface area contributed by atoms with Crippen LogP contribution in [0.5, 0.6) is 0 Å². The highest BCUT2D eigenvalue weighted by molar-refractivity contribution is 5.99. The summed E-state index contributed by atoms with van der Waals surface area (Å²) in [5, 5.41) is 11.9. The van der Waals surface area contributed by atoms with E-state index in [9.17, 15) is 22.8 Å². The molecular formula is C29H31F4N9O2. The predicted octanol–water partition coefficient (Wildman–Crippen LogP) is 5.86. The topological polar surface area (TPSA) is 143 Å². The van der Waals surface area contributed by atoms with Crippen molar-refractivity contribution in [3.8, 4) is 11.1 Å². The fourth-order valence-electron chi connectivity index (χ4n) is 5.11. The summed E-state index contributed by atoms with van der Waals surface area (Å²) in [4.78, 5) is 34.6. The van der Waals surface area contributed by atoms with E-state index in [1.165, 1.54) is 18.5 Å². The number of nitrogens with two attached hydrogens (primary N) is 1. The molecule has 0 aliphatic carbocycles. The number of nitrogens with zero attached hydrogens (tertiary/aromatic N) is 5. The molecule has 0 atom stereocenters. The van der Waals surface area contributed by atoms with Crippen molar-refractivity contribution in [2.75, 3.05) is 29.5 Å². The average molecular weight is 614 g/mol. The number of piperidine rings is 1. The van der Waals surface area contributed by atoms with E-state index in [2.05, 4.69) is 31.0 Å². The zero-order valence-electron chi connectivity index (χ0n) is 24.2. The third-order valence-electron chi connectivity index (χ3n) is 7.15. The van der Waals surface area contributed by atoms with Gasteiger partial charge in [-0.1, -0.05) is 6.07 Å². The Morgan fingerprint density at radius 1 is 1.00 bits per heavy atom. The largest absolute Gasteiger partial charge is 0.416 e. The molecule has 4 aromatic rings. The van der Waals surface area contributed by atoms with E-state index in [-0.39, 0.29) is 34.8 Å². The number of hydrogen-bond acceptors (Lipinski definition) is 6. The number of urea groups is 2.